The second-order valence-electron chi connectivity index (χ2n) is 2.35. The van der Waals surface area contributed by atoms with Gasteiger partial charge in [-0.05, 0) is 12.1 Å². The Morgan fingerprint density at radius 1 is 1.29 bits per heavy atom. The first-order chi connectivity index (χ1) is 6.56. The van der Waals surface area contributed by atoms with E-state index < -0.39 is 6.61 Å². The lowest BCUT2D eigenvalue weighted by atomic mass is 10.2. The molecule has 1 nitrogen and oxygen atoms in total. The quantitative estimate of drug-likeness (QED) is 0.748. The van der Waals surface area contributed by atoms with Crippen molar-refractivity contribution in [3.8, 4) is 5.75 Å². The first kappa shape index (κ1) is 12.0. The number of halogens is 5. The molecule has 1 rings (SSSR count). The van der Waals surface area contributed by atoms with Crippen LogP contribution in [0.25, 0.3) is 0 Å². The highest BCUT2D eigenvalue weighted by Gasteiger charge is 2.15. The lowest BCUT2D eigenvalue weighted by Gasteiger charge is -2.11. The number of hydrogen-bond donors (Lipinski definition) is 0. The lowest BCUT2D eigenvalue weighted by molar-refractivity contribution is -0.0502. The van der Waals surface area contributed by atoms with Crippen molar-refractivity contribution in [3.63, 3.8) is 0 Å². The second kappa shape index (κ2) is 5.14. The van der Waals surface area contributed by atoms with Gasteiger partial charge in [-0.2, -0.15) is 8.78 Å². The molecule has 0 heterocycles. The SMILES string of the molecule is FC(F)Oc1c(Cl)ccc(Cl)c1CBr. The van der Waals surface area contributed by atoms with Gasteiger partial charge in [0.1, 0.15) is 5.75 Å². The Hall–Kier alpha value is -0.0600. The Labute approximate surface area is 98.1 Å². The molecule has 0 aliphatic carbocycles. The van der Waals surface area contributed by atoms with Crippen LogP contribution in [0.15, 0.2) is 12.1 Å². The molecule has 0 bridgehead atoms. The average Bonchev–Trinajstić information content (AvgIpc) is 2.11. The van der Waals surface area contributed by atoms with E-state index in [0.717, 1.165) is 0 Å². The molecule has 1 aromatic rings. The highest BCUT2D eigenvalue weighted by molar-refractivity contribution is 9.08. The van der Waals surface area contributed by atoms with Crippen LogP contribution in [0, 0.1) is 0 Å². The molecule has 0 aliphatic rings. The zero-order valence-corrected chi connectivity index (χ0v) is 9.84. The molecule has 0 N–H and O–H groups in total. The van der Waals surface area contributed by atoms with E-state index in [1.807, 2.05) is 0 Å². The van der Waals surface area contributed by atoms with Crippen molar-refractivity contribution in [2.24, 2.45) is 0 Å². The zero-order valence-electron chi connectivity index (χ0n) is 6.74. The van der Waals surface area contributed by atoms with Crippen LogP contribution in [0.3, 0.4) is 0 Å². The fourth-order valence-corrected chi connectivity index (χ4v) is 2.07. The molecule has 0 atom stereocenters. The standard InChI is InChI=1S/C8H5BrCl2F2O/c9-3-4-5(10)1-2-6(11)7(4)14-8(12)13/h1-2,8H,3H2. The molecule has 0 radical (unpaired) electrons. The van der Waals surface area contributed by atoms with Gasteiger partial charge in [0.15, 0.2) is 0 Å². The number of hydrogen-bond acceptors (Lipinski definition) is 1. The summed E-state index contributed by atoms with van der Waals surface area (Å²) < 4.78 is 28.3. The third kappa shape index (κ3) is 2.72. The Kier molecular flexibility index (Phi) is 4.41. The van der Waals surface area contributed by atoms with E-state index in [1.165, 1.54) is 12.1 Å². The molecule has 0 saturated carbocycles. The van der Waals surface area contributed by atoms with Crippen LogP contribution in [0.1, 0.15) is 5.56 Å². The summed E-state index contributed by atoms with van der Waals surface area (Å²) in [5.74, 6) is -0.0777. The third-order valence-electron chi connectivity index (χ3n) is 1.50. The number of benzene rings is 1. The molecule has 0 fully saturated rings. The fraction of sp³-hybridized carbons (Fsp3) is 0.250. The fourth-order valence-electron chi connectivity index (χ4n) is 0.916. The predicted octanol–water partition coefficient (Wildman–Crippen LogP) is 4.49. The molecule has 0 saturated heterocycles. The summed E-state index contributed by atoms with van der Waals surface area (Å²) in [5, 5.41) is 0.750. The van der Waals surface area contributed by atoms with Gasteiger partial charge in [0, 0.05) is 15.9 Å². The van der Waals surface area contributed by atoms with Gasteiger partial charge in [-0.25, -0.2) is 0 Å². The average molecular weight is 306 g/mol. The van der Waals surface area contributed by atoms with E-state index in [0.29, 0.717) is 15.9 Å². The van der Waals surface area contributed by atoms with Crippen molar-refractivity contribution in [3.05, 3.63) is 27.7 Å². The van der Waals surface area contributed by atoms with Gasteiger partial charge >= 0.3 is 6.61 Å². The van der Waals surface area contributed by atoms with Gasteiger partial charge in [0.25, 0.3) is 0 Å². The van der Waals surface area contributed by atoms with Crippen LogP contribution in [0.4, 0.5) is 8.78 Å². The maximum atomic E-state index is 12.0. The minimum absolute atomic E-state index is 0.0777. The number of ether oxygens (including phenoxy) is 1. The first-order valence-electron chi connectivity index (χ1n) is 3.54. The predicted molar refractivity (Wildman–Crippen MR) is 55.7 cm³/mol. The summed E-state index contributed by atoms with van der Waals surface area (Å²) in [6.07, 6.45) is 0. The topological polar surface area (TPSA) is 9.23 Å². The molecule has 14 heavy (non-hydrogen) atoms. The van der Waals surface area contributed by atoms with Gasteiger partial charge in [-0.15, -0.1) is 0 Å². The molecule has 0 aliphatic heterocycles. The minimum atomic E-state index is -2.91. The van der Waals surface area contributed by atoms with Gasteiger partial charge in [-0.3, -0.25) is 0 Å². The van der Waals surface area contributed by atoms with E-state index in [2.05, 4.69) is 20.7 Å². The molecular formula is C8H5BrCl2F2O. The van der Waals surface area contributed by atoms with Crippen molar-refractivity contribution >= 4 is 39.1 Å². The highest BCUT2D eigenvalue weighted by Crippen LogP contribution is 2.36. The molecule has 0 unspecified atom stereocenters. The van der Waals surface area contributed by atoms with Gasteiger partial charge < -0.3 is 4.74 Å². The Morgan fingerprint density at radius 3 is 2.36 bits per heavy atom. The molecular weight excluding hydrogens is 301 g/mol. The number of alkyl halides is 3. The summed E-state index contributed by atoms with van der Waals surface area (Å²) in [6, 6.07) is 2.94. The van der Waals surface area contributed by atoms with E-state index in [9.17, 15) is 8.78 Å². The van der Waals surface area contributed by atoms with Crippen molar-refractivity contribution < 1.29 is 13.5 Å². The van der Waals surface area contributed by atoms with E-state index in [1.54, 1.807) is 0 Å². The lowest BCUT2D eigenvalue weighted by Crippen LogP contribution is -2.04. The Morgan fingerprint density at radius 2 is 1.86 bits per heavy atom. The molecule has 1 aromatic carbocycles. The monoisotopic (exact) mass is 304 g/mol. The smallest absolute Gasteiger partial charge is 0.387 e. The van der Waals surface area contributed by atoms with E-state index in [-0.39, 0.29) is 10.8 Å². The second-order valence-corrected chi connectivity index (χ2v) is 3.72. The first-order valence-corrected chi connectivity index (χ1v) is 5.41. The Bertz CT molecular complexity index is 333. The van der Waals surface area contributed by atoms with Crippen molar-refractivity contribution in [2.45, 2.75) is 11.9 Å². The van der Waals surface area contributed by atoms with E-state index >= 15 is 0 Å². The minimum Gasteiger partial charge on any atom is -0.433 e. The van der Waals surface area contributed by atoms with Crippen LogP contribution in [-0.4, -0.2) is 6.61 Å². The van der Waals surface area contributed by atoms with Gasteiger partial charge in [0.05, 0.1) is 5.02 Å². The molecule has 6 heteroatoms. The van der Waals surface area contributed by atoms with Crippen LogP contribution < -0.4 is 4.74 Å². The Balaban J connectivity index is 3.16. The van der Waals surface area contributed by atoms with Gasteiger partial charge in [0.2, 0.25) is 0 Å². The summed E-state index contributed by atoms with van der Waals surface area (Å²) in [7, 11) is 0. The maximum Gasteiger partial charge on any atom is 0.387 e. The normalized spacial score (nSPS) is 10.7. The number of rotatable bonds is 3. The summed E-state index contributed by atoms with van der Waals surface area (Å²) in [6.45, 7) is -2.91. The van der Waals surface area contributed by atoms with Crippen LogP contribution in [-0.2, 0) is 5.33 Å². The summed E-state index contributed by atoms with van der Waals surface area (Å²) in [4.78, 5) is 0. The summed E-state index contributed by atoms with van der Waals surface area (Å²) >= 11 is 14.6. The third-order valence-corrected chi connectivity index (χ3v) is 2.71. The molecule has 78 valence electrons. The molecule has 0 amide bonds. The van der Waals surface area contributed by atoms with Gasteiger partial charge in [-0.1, -0.05) is 39.1 Å². The van der Waals surface area contributed by atoms with Crippen molar-refractivity contribution in [1.29, 1.82) is 0 Å². The molecule has 0 spiro atoms. The maximum absolute atomic E-state index is 12.0. The van der Waals surface area contributed by atoms with E-state index in [4.69, 9.17) is 23.2 Å². The molecule has 0 aromatic heterocycles. The van der Waals surface area contributed by atoms with Crippen molar-refractivity contribution in [2.75, 3.05) is 0 Å². The highest BCUT2D eigenvalue weighted by atomic mass is 79.9. The van der Waals surface area contributed by atoms with Crippen LogP contribution in [0.2, 0.25) is 10.0 Å². The van der Waals surface area contributed by atoms with Crippen LogP contribution >= 0.6 is 39.1 Å². The largest absolute Gasteiger partial charge is 0.433 e. The van der Waals surface area contributed by atoms with Crippen molar-refractivity contribution in [1.82, 2.24) is 0 Å². The van der Waals surface area contributed by atoms with Crippen LogP contribution in [0.5, 0.6) is 5.75 Å². The zero-order chi connectivity index (χ0) is 10.7. The summed E-state index contributed by atoms with van der Waals surface area (Å²) in [5.41, 5.74) is 0.416.